The Balaban J connectivity index is 2.40. The summed E-state index contributed by atoms with van der Waals surface area (Å²) in [5.41, 5.74) is 0.823. The van der Waals surface area contributed by atoms with Gasteiger partial charge in [0.1, 0.15) is 16.5 Å². The molecule has 0 unspecified atom stereocenters. The van der Waals surface area contributed by atoms with Crippen molar-refractivity contribution in [3.8, 4) is 0 Å². The topological polar surface area (TPSA) is 64.0 Å². The van der Waals surface area contributed by atoms with Crippen LogP contribution in [0.1, 0.15) is 12.6 Å². The lowest BCUT2D eigenvalue weighted by Gasteiger charge is -2.08. The minimum atomic E-state index is -4.20. The van der Waals surface area contributed by atoms with Crippen molar-refractivity contribution in [3.63, 3.8) is 0 Å². The molecule has 8 heteroatoms. The molecule has 1 aromatic heterocycles. The van der Waals surface area contributed by atoms with E-state index in [1.807, 2.05) is 6.92 Å². The molecule has 0 aliphatic rings. The molecule has 0 fully saturated rings. The van der Waals surface area contributed by atoms with Gasteiger partial charge in [0.05, 0.1) is 17.6 Å². The zero-order chi connectivity index (χ0) is 14.9. The molecule has 108 valence electrons. The number of sulfonamides is 1. The second kappa shape index (κ2) is 5.20. The van der Waals surface area contributed by atoms with Gasteiger partial charge in [-0.15, -0.1) is 0 Å². The molecule has 0 bridgehead atoms. The third-order valence-corrected chi connectivity index (χ3v) is 4.21. The molecule has 1 N–H and O–H groups in total. The Hall–Kier alpha value is -1.96. The lowest BCUT2D eigenvalue weighted by atomic mass is 10.3. The Bertz CT molecular complexity index is 741. The minimum Gasteiger partial charge on any atom is -0.276 e. The van der Waals surface area contributed by atoms with Gasteiger partial charge in [0.25, 0.3) is 10.0 Å². The third-order valence-electron chi connectivity index (χ3n) is 2.83. The molecule has 1 heterocycles. The van der Waals surface area contributed by atoms with E-state index in [1.54, 1.807) is 11.6 Å². The quantitative estimate of drug-likeness (QED) is 0.942. The first-order valence-corrected chi connectivity index (χ1v) is 7.33. The maximum absolute atomic E-state index is 13.5. The fraction of sp³-hybridized carbons (Fsp3) is 0.250. The molecule has 0 amide bonds. The third kappa shape index (κ3) is 2.64. The van der Waals surface area contributed by atoms with E-state index in [9.17, 15) is 17.2 Å². The smallest absolute Gasteiger partial charge is 0.265 e. The van der Waals surface area contributed by atoms with Gasteiger partial charge < -0.3 is 0 Å². The van der Waals surface area contributed by atoms with E-state index < -0.39 is 26.6 Å². The van der Waals surface area contributed by atoms with Gasteiger partial charge in [-0.25, -0.2) is 17.2 Å². The molecule has 0 aliphatic heterocycles. The summed E-state index contributed by atoms with van der Waals surface area (Å²) in [5.74, 6) is -1.84. The van der Waals surface area contributed by atoms with Crippen molar-refractivity contribution in [2.75, 3.05) is 4.72 Å². The van der Waals surface area contributed by atoms with Crippen LogP contribution in [0.4, 0.5) is 14.5 Å². The summed E-state index contributed by atoms with van der Waals surface area (Å²) in [6.07, 6.45) is 1.33. The van der Waals surface area contributed by atoms with Crippen LogP contribution in [0.2, 0.25) is 0 Å². The van der Waals surface area contributed by atoms with Crippen LogP contribution >= 0.6 is 0 Å². The highest BCUT2D eigenvalue weighted by Gasteiger charge is 2.21. The summed E-state index contributed by atoms with van der Waals surface area (Å²) in [6, 6.07) is 2.26. The molecule has 2 rings (SSSR count). The Kier molecular flexibility index (Phi) is 3.76. The summed E-state index contributed by atoms with van der Waals surface area (Å²) < 4.78 is 54.5. The van der Waals surface area contributed by atoms with Crippen molar-refractivity contribution in [2.24, 2.45) is 0 Å². The Morgan fingerprint density at radius 2 is 2.05 bits per heavy atom. The molecule has 2 aromatic rings. The second-order valence-corrected chi connectivity index (χ2v) is 5.79. The fourth-order valence-electron chi connectivity index (χ4n) is 1.75. The Morgan fingerprint density at radius 1 is 1.35 bits per heavy atom. The molecular formula is C12H13F2N3O2S. The van der Waals surface area contributed by atoms with Gasteiger partial charge in [-0.2, -0.15) is 5.10 Å². The molecular weight excluding hydrogens is 288 g/mol. The van der Waals surface area contributed by atoms with Crippen LogP contribution in [-0.2, 0) is 16.6 Å². The fourth-order valence-corrected chi connectivity index (χ4v) is 2.94. The predicted octanol–water partition coefficient (Wildman–Crippen LogP) is 2.29. The summed E-state index contributed by atoms with van der Waals surface area (Å²) in [4.78, 5) is -0.735. The van der Waals surface area contributed by atoms with Crippen LogP contribution in [-0.4, -0.2) is 18.2 Å². The van der Waals surface area contributed by atoms with E-state index >= 15 is 0 Å². The first-order chi connectivity index (χ1) is 9.35. The van der Waals surface area contributed by atoms with Gasteiger partial charge >= 0.3 is 0 Å². The van der Waals surface area contributed by atoms with Crippen LogP contribution in [0.25, 0.3) is 0 Å². The summed E-state index contributed by atoms with van der Waals surface area (Å²) >= 11 is 0. The average Bonchev–Trinajstić information content (AvgIpc) is 2.73. The molecule has 0 aliphatic carbocycles. The predicted molar refractivity (Wildman–Crippen MR) is 69.8 cm³/mol. The number of halogens is 2. The highest BCUT2D eigenvalue weighted by Crippen LogP contribution is 2.21. The molecule has 0 saturated carbocycles. The zero-order valence-electron chi connectivity index (χ0n) is 10.9. The monoisotopic (exact) mass is 301 g/mol. The van der Waals surface area contributed by atoms with Gasteiger partial charge in [-0.3, -0.25) is 9.40 Å². The van der Waals surface area contributed by atoms with Crippen molar-refractivity contribution in [3.05, 3.63) is 41.7 Å². The van der Waals surface area contributed by atoms with Gasteiger partial charge in [-0.1, -0.05) is 0 Å². The van der Waals surface area contributed by atoms with Crippen LogP contribution in [0.15, 0.2) is 29.3 Å². The number of aryl methyl sites for hydroxylation is 1. The highest BCUT2D eigenvalue weighted by molar-refractivity contribution is 7.92. The lowest BCUT2D eigenvalue weighted by Crippen LogP contribution is -2.15. The summed E-state index contributed by atoms with van der Waals surface area (Å²) in [6.45, 7) is 4.10. The number of rotatable bonds is 4. The molecule has 1 aromatic carbocycles. The molecule has 0 spiro atoms. The number of hydrogen-bond acceptors (Lipinski definition) is 3. The van der Waals surface area contributed by atoms with Gasteiger partial charge in [0, 0.05) is 6.54 Å². The number of nitrogens with zero attached hydrogens (tertiary/aromatic N) is 2. The molecule has 0 saturated heterocycles. The number of anilines is 1. The van der Waals surface area contributed by atoms with Crippen molar-refractivity contribution >= 4 is 15.7 Å². The van der Waals surface area contributed by atoms with E-state index in [4.69, 9.17) is 0 Å². The van der Waals surface area contributed by atoms with Crippen LogP contribution in [0, 0.1) is 18.6 Å². The maximum atomic E-state index is 13.5. The Morgan fingerprint density at radius 3 is 2.65 bits per heavy atom. The van der Waals surface area contributed by atoms with Gasteiger partial charge in [-0.05, 0) is 32.0 Å². The number of benzene rings is 1. The van der Waals surface area contributed by atoms with Crippen molar-refractivity contribution < 1.29 is 17.2 Å². The normalized spacial score (nSPS) is 11.6. The van der Waals surface area contributed by atoms with E-state index in [1.165, 1.54) is 6.20 Å². The van der Waals surface area contributed by atoms with E-state index in [0.717, 1.165) is 12.1 Å². The average molecular weight is 301 g/mol. The van der Waals surface area contributed by atoms with Crippen molar-refractivity contribution in [2.45, 2.75) is 25.3 Å². The van der Waals surface area contributed by atoms with Crippen LogP contribution in [0.3, 0.4) is 0 Å². The molecule has 5 nitrogen and oxygen atoms in total. The number of hydrogen-bond donors (Lipinski definition) is 1. The zero-order valence-corrected chi connectivity index (χ0v) is 11.7. The van der Waals surface area contributed by atoms with E-state index in [0.29, 0.717) is 18.3 Å². The number of aromatic nitrogens is 2. The van der Waals surface area contributed by atoms with Crippen LogP contribution in [0.5, 0.6) is 0 Å². The summed E-state index contributed by atoms with van der Waals surface area (Å²) in [7, 11) is -4.20. The molecule has 20 heavy (non-hydrogen) atoms. The highest BCUT2D eigenvalue weighted by atomic mass is 32.2. The lowest BCUT2D eigenvalue weighted by molar-refractivity contribution is 0.555. The summed E-state index contributed by atoms with van der Waals surface area (Å²) in [5, 5.41) is 3.97. The van der Waals surface area contributed by atoms with E-state index in [-0.39, 0.29) is 5.69 Å². The SMILES string of the molecule is CCn1ncc(NS(=O)(=O)c2cc(F)ccc2F)c1C. The number of nitrogens with one attached hydrogen (secondary N) is 1. The second-order valence-electron chi connectivity index (χ2n) is 4.14. The maximum Gasteiger partial charge on any atom is 0.265 e. The van der Waals surface area contributed by atoms with Crippen LogP contribution < -0.4 is 4.72 Å². The van der Waals surface area contributed by atoms with Gasteiger partial charge in [0.15, 0.2) is 0 Å². The first kappa shape index (κ1) is 14.4. The molecule has 0 radical (unpaired) electrons. The largest absolute Gasteiger partial charge is 0.276 e. The standard InChI is InChI=1S/C12H13F2N3O2S/c1-3-17-8(2)11(7-15-17)16-20(18,19)12-6-9(13)4-5-10(12)14/h4-7,16H,3H2,1-2H3. The first-order valence-electron chi connectivity index (χ1n) is 5.85. The van der Waals surface area contributed by atoms with E-state index in [2.05, 4.69) is 9.82 Å². The molecule has 0 atom stereocenters. The van der Waals surface area contributed by atoms with Gasteiger partial charge in [0.2, 0.25) is 0 Å². The Labute approximate surface area is 115 Å². The minimum absolute atomic E-state index is 0.232. The van der Waals surface area contributed by atoms with Crippen molar-refractivity contribution in [1.29, 1.82) is 0 Å². The van der Waals surface area contributed by atoms with Crippen molar-refractivity contribution in [1.82, 2.24) is 9.78 Å².